The second-order valence-electron chi connectivity index (χ2n) is 4.25. The van der Waals surface area contributed by atoms with Gasteiger partial charge in [-0.2, -0.15) is 5.10 Å². The van der Waals surface area contributed by atoms with Gasteiger partial charge < -0.3 is 5.11 Å². The Bertz CT molecular complexity index is 811. The van der Waals surface area contributed by atoms with Gasteiger partial charge in [-0.3, -0.25) is 0 Å². The fraction of sp³-hybridized carbons (Fsp3) is 0.0769. The Morgan fingerprint density at radius 1 is 1.25 bits per heavy atom. The van der Waals surface area contributed by atoms with Crippen LogP contribution in [0.4, 0.5) is 0 Å². The van der Waals surface area contributed by atoms with E-state index in [1.54, 1.807) is 12.1 Å². The smallest absolute Gasteiger partial charge is 0.358 e. The maximum absolute atomic E-state index is 10.9. The summed E-state index contributed by atoms with van der Waals surface area (Å²) in [5, 5.41) is 21.5. The highest BCUT2D eigenvalue weighted by molar-refractivity contribution is 6.30. The molecule has 100 valence electrons. The van der Waals surface area contributed by atoms with Gasteiger partial charge in [0.05, 0.1) is 17.5 Å². The topological polar surface area (TPSA) is 80.4 Å². The van der Waals surface area contributed by atoms with E-state index in [0.29, 0.717) is 10.7 Å². The summed E-state index contributed by atoms with van der Waals surface area (Å²) in [7, 11) is 0. The molecule has 0 spiro atoms. The Labute approximate surface area is 118 Å². The third kappa shape index (κ3) is 2.00. The summed E-state index contributed by atoms with van der Waals surface area (Å²) >= 11 is 5.87. The molecule has 0 atom stereocenters. The van der Waals surface area contributed by atoms with E-state index in [9.17, 15) is 4.79 Å². The van der Waals surface area contributed by atoms with Crippen LogP contribution in [-0.4, -0.2) is 30.9 Å². The van der Waals surface area contributed by atoms with Gasteiger partial charge in [0.2, 0.25) is 0 Å². The first kappa shape index (κ1) is 12.6. The van der Waals surface area contributed by atoms with Gasteiger partial charge in [-0.15, -0.1) is 10.2 Å². The van der Waals surface area contributed by atoms with E-state index in [2.05, 4.69) is 15.3 Å². The molecule has 0 saturated carbocycles. The molecule has 0 radical (unpaired) electrons. The van der Waals surface area contributed by atoms with E-state index in [-0.39, 0.29) is 5.69 Å². The van der Waals surface area contributed by atoms with E-state index in [4.69, 9.17) is 16.7 Å². The van der Waals surface area contributed by atoms with E-state index in [1.807, 2.05) is 19.1 Å². The fourth-order valence-corrected chi connectivity index (χ4v) is 2.14. The second kappa shape index (κ2) is 4.57. The van der Waals surface area contributed by atoms with Crippen LogP contribution >= 0.6 is 11.6 Å². The molecule has 0 unspecified atom stereocenters. The lowest BCUT2D eigenvalue weighted by atomic mass is 10.1. The summed E-state index contributed by atoms with van der Waals surface area (Å²) in [5.41, 5.74) is 2.81. The minimum Gasteiger partial charge on any atom is -0.476 e. The third-order valence-electron chi connectivity index (χ3n) is 2.91. The number of fused-ring (bicyclic) bond motifs is 1. The number of rotatable bonds is 2. The number of halogens is 1. The summed E-state index contributed by atoms with van der Waals surface area (Å²) in [6.07, 6.45) is 1.34. The number of hydrogen-bond donors (Lipinski definition) is 1. The van der Waals surface area contributed by atoms with Crippen molar-refractivity contribution in [2.45, 2.75) is 6.92 Å². The number of nitrogens with zero attached hydrogens (tertiary/aromatic N) is 4. The van der Waals surface area contributed by atoms with Gasteiger partial charge in [0.25, 0.3) is 0 Å². The van der Waals surface area contributed by atoms with Crippen LogP contribution in [-0.2, 0) is 0 Å². The highest BCUT2D eigenvalue weighted by Gasteiger charge is 2.15. The number of carboxylic acids is 1. The standard InChI is InChI=1S/C13H9ClN4O2/c1-7-11(8-2-4-9(14)5-3-8)12-16-15-10(13(19)20)6-18(12)17-7/h2-6H,1H3,(H,19,20). The molecule has 0 aliphatic carbocycles. The average molecular weight is 289 g/mol. The molecule has 6 nitrogen and oxygen atoms in total. The van der Waals surface area contributed by atoms with Crippen LogP contribution in [0.5, 0.6) is 0 Å². The monoisotopic (exact) mass is 288 g/mol. The van der Waals surface area contributed by atoms with Gasteiger partial charge in [0.1, 0.15) is 0 Å². The molecule has 0 aliphatic heterocycles. The number of aryl methyl sites for hydroxylation is 1. The molecular weight excluding hydrogens is 280 g/mol. The van der Waals surface area contributed by atoms with Crippen molar-refractivity contribution in [3.8, 4) is 11.1 Å². The Kier molecular flexibility index (Phi) is 2.87. The van der Waals surface area contributed by atoms with Gasteiger partial charge >= 0.3 is 5.97 Å². The normalized spacial score (nSPS) is 10.9. The van der Waals surface area contributed by atoms with E-state index >= 15 is 0 Å². The Balaban J connectivity index is 2.23. The molecule has 1 N–H and O–H groups in total. The van der Waals surface area contributed by atoms with Crippen molar-refractivity contribution in [2.75, 3.05) is 0 Å². The van der Waals surface area contributed by atoms with Crippen LogP contribution in [0.2, 0.25) is 5.02 Å². The zero-order chi connectivity index (χ0) is 14.3. The van der Waals surface area contributed by atoms with Crippen LogP contribution in [0.3, 0.4) is 0 Å². The van der Waals surface area contributed by atoms with E-state index < -0.39 is 5.97 Å². The van der Waals surface area contributed by atoms with Crippen molar-refractivity contribution in [1.82, 2.24) is 19.8 Å². The summed E-state index contributed by atoms with van der Waals surface area (Å²) < 4.78 is 1.43. The first-order valence-corrected chi connectivity index (χ1v) is 6.16. The van der Waals surface area contributed by atoms with Crippen molar-refractivity contribution < 1.29 is 9.90 Å². The number of hydrogen-bond acceptors (Lipinski definition) is 4. The number of carboxylic acid groups (broad SMARTS) is 1. The van der Waals surface area contributed by atoms with E-state index in [1.165, 1.54) is 10.7 Å². The van der Waals surface area contributed by atoms with Crippen molar-refractivity contribution in [2.24, 2.45) is 0 Å². The molecule has 7 heteroatoms. The van der Waals surface area contributed by atoms with Crippen molar-refractivity contribution in [3.63, 3.8) is 0 Å². The average Bonchev–Trinajstić information content (AvgIpc) is 2.74. The van der Waals surface area contributed by atoms with E-state index in [0.717, 1.165) is 16.8 Å². The lowest BCUT2D eigenvalue weighted by Gasteiger charge is -2.00. The molecule has 0 bridgehead atoms. The SMILES string of the molecule is Cc1nn2cc(C(=O)O)nnc2c1-c1ccc(Cl)cc1. The molecule has 1 aromatic carbocycles. The maximum Gasteiger partial charge on any atom is 0.358 e. The second-order valence-corrected chi connectivity index (χ2v) is 4.69. The predicted molar refractivity (Wildman–Crippen MR) is 72.9 cm³/mol. The number of aromatic nitrogens is 4. The quantitative estimate of drug-likeness (QED) is 0.783. The molecular formula is C13H9ClN4O2. The lowest BCUT2D eigenvalue weighted by Crippen LogP contribution is -2.05. The first-order valence-electron chi connectivity index (χ1n) is 5.78. The Morgan fingerprint density at radius 2 is 1.95 bits per heavy atom. The summed E-state index contributed by atoms with van der Waals surface area (Å²) in [4.78, 5) is 10.9. The molecule has 2 heterocycles. The van der Waals surface area contributed by atoms with Crippen molar-refractivity contribution in [3.05, 3.63) is 46.9 Å². The zero-order valence-corrected chi connectivity index (χ0v) is 11.2. The van der Waals surface area contributed by atoms with Crippen LogP contribution < -0.4 is 0 Å². The molecule has 0 saturated heterocycles. The van der Waals surface area contributed by atoms with Crippen molar-refractivity contribution in [1.29, 1.82) is 0 Å². The van der Waals surface area contributed by atoms with Gasteiger partial charge in [-0.25, -0.2) is 9.31 Å². The maximum atomic E-state index is 10.9. The summed E-state index contributed by atoms with van der Waals surface area (Å²) in [5.74, 6) is -1.14. The first-order chi connectivity index (χ1) is 9.56. The molecule has 0 fully saturated rings. The molecule has 3 rings (SSSR count). The fourth-order valence-electron chi connectivity index (χ4n) is 2.02. The summed E-state index contributed by atoms with van der Waals surface area (Å²) in [6, 6.07) is 7.27. The van der Waals surface area contributed by atoms with Crippen molar-refractivity contribution >= 4 is 23.2 Å². The van der Waals surface area contributed by atoms with Gasteiger partial charge in [0.15, 0.2) is 11.3 Å². The zero-order valence-electron chi connectivity index (χ0n) is 10.4. The largest absolute Gasteiger partial charge is 0.476 e. The van der Waals surface area contributed by atoms with Gasteiger partial charge in [-0.05, 0) is 24.6 Å². The number of aromatic carboxylic acids is 1. The minimum absolute atomic E-state index is 0.150. The van der Waals surface area contributed by atoms with Crippen LogP contribution in [0, 0.1) is 6.92 Å². The van der Waals surface area contributed by atoms with Crippen LogP contribution in [0.25, 0.3) is 16.8 Å². The molecule has 3 aromatic rings. The summed E-state index contributed by atoms with van der Waals surface area (Å²) in [6.45, 7) is 1.83. The van der Waals surface area contributed by atoms with Crippen LogP contribution in [0.1, 0.15) is 16.2 Å². The third-order valence-corrected chi connectivity index (χ3v) is 3.16. The molecule has 20 heavy (non-hydrogen) atoms. The Hall–Kier alpha value is -2.47. The predicted octanol–water partition coefficient (Wildman–Crippen LogP) is 2.45. The molecule has 0 aliphatic rings. The van der Waals surface area contributed by atoms with Gasteiger partial charge in [0, 0.05) is 5.02 Å². The molecule has 0 amide bonds. The minimum atomic E-state index is -1.14. The highest BCUT2D eigenvalue weighted by Crippen LogP contribution is 2.27. The lowest BCUT2D eigenvalue weighted by molar-refractivity contribution is 0.0688. The van der Waals surface area contributed by atoms with Gasteiger partial charge in [-0.1, -0.05) is 23.7 Å². The Morgan fingerprint density at radius 3 is 2.60 bits per heavy atom. The molecule has 2 aromatic heterocycles. The number of carbonyl (C=O) groups is 1. The number of benzene rings is 1. The highest BCUT2D eigenvalue weighted by atomic mass is 35.5. The van der Waals surface area contributed by atoms with Crippen LogP contribution in [0.15, 0.2) is 30.5 Å².